The Balaban J connectivity index is 1.12. The second-order valence-corrected chi connectivity index (χ2v) is 12.4. The number of urea groups is 1. The SMILES string of the molecule is Cc1ccc(-n2nc(C(C)(C)C)cc2NC(=O)Nc2ccc(CC3CCN(C(=O)CNc4ccccc4)CC3)cc2)cc1. The van der Waals surface area contributed by atoms with Crippen molar-refractivity contribution in [3.63, 3.8) is 0 Å². The van der Waals surface area contributed by atoms with Gasteiger partial charge in [0.25, 0.3) is 0 Å². The van der Waals surface area contributed by atoms with E-state index in [2.05, 4.69) is 48.9 Å². The van der Waals surface area contributed by atoms with Crippen LogP contribution >= 0.6 is 0 Å². The van der Waals surface area contributed by atoms with Crippen LogP contribution in [0.2, 0.25) is 0 Å². The highest BCUT2D eigenvalue weighted by molar-refractivity contribution is 5.99. The standard InChI is InChI=1S/C35H42N6O2/c1-25-10-16-30(17-11-25)41-32(23-31(39-41)35(2,3)4)38-34(43)37-29-14-12-26(13-15-29)22-27-18-20-40(21-19-27)33(42)24-36-28-8-6-5-7-9-28/h5-17,23,27,36H,18-22,24H2,1-4H3,(H2,37,38,43). The van der Waals surface area contributed by atoms with E-state index in [9.17, 15) is 9.59 Å². The lowest BCUT2D eigenvalue weighted by atomic mass is 9.90. The number of benzene rings is 3. The quantitative estimate of drug-likeness (QED) is 0.210. The molecule has 1 aliphatic heterocycles. The Morgan fingerprint density at radius 3 is 2.19 bits per heavy atom. The van der Waals surface area contributed by atoms with Crippen molar-refractivity contribution in [2.24, 2.45) is 5.92 Å². The van der Waals surface area contributed by atoms with E-state index in [4.69, 9.17) is 5.10 Å². The van der Waals surface area contributed by atoms with E-state index in [1.54, 1.807) is 4.68 Å². The number of carbonyl (C=O) groups is 2. The Labute approximate surface area is 254 Å². The molecule has 4 aromatic rings. The average molecular weight is 579 g/mol. The van der Waals surface area contributed by atoms with Crippen LogP contribution in [0, 0.1) is 12.8 Å². The highest BCUT2D eigenvalue weighted by atomic mass is 16.2. The predicted molar refractivity (Wildman–Crippen MR) is 174 cm³/mol. The van der Waals surface area contributed by atoms with Gasteiger partial charge in [-0.2, -0.15) is 5.10 Å². The van der Waals surface area contributed by atoms with Crippen LogP contribution in [0.15, 0.2) is 84.9 Å². The molecule has 5 rings (SSSR count). The van der Waals surface area contributed by atoms with Crippen molar-refractivity contribution in [1.82, 2.24) is 14.7 Å². The molecule has 1 saturated heterocycles. The fraction of sp³-hybridized carbons (Fsp3) is 0.343. The number of rotatable bonds is 8. The van der Waals surface area contributed by atoms with Crippen molar-refractivity contribution in [3.05, 3.63) is 102 Å². The summed E-state index contributed by atoms with van der Waals surface area (Å²) in [4.78, 5) is 27.6. The minimum Gasteiger partial charge on any atom is -0.376 e. The number of nitrogens with one attached hydrogen (secondary N) is 3. The molecule has 0 unspecified atom stereocenters. The van der Waals surface area contributed by atoms with Gasteiger partial charge in [0.05, 0.1) is 17.9 Å². The topological polar surface area (TPSA) is 91.3 Å². The first-order valence-electron chi connectivity index (χ1n) is 15.1. The zero-order chi connectivity index (χ0) is 30.4. The predicted octanol–water partition coefficient (Wildman–Crippen LogP) is 7.02. The van der Waals surface area contributed by atoms with Crippen LogP contribution in [0.1, 0.15) is 50.4 Å². The van der Waals surface area contributed by atoms with E-state index in [1.165, 1.54) is 5.56 Å². The van der Waals surface area contributed by atoms with Gasteiger partial charge >= 0.3 is 6.03 Å². The van der Waals surface area contributed by atoms with Gasteiger partial charge in [0.15, 0.2) is 0 Å². The fourth-order valence-corrected chi connectivity index (χ4v) is 5.29. The van der Waals surface area contributed by atoms with E-state index in [-0.39, 0.29) is 17.4 Å². The molecule has 43 heavy (non-hydrogen) atoms. The molecule has 224 valence electrons. The van der Waals surface area contributed by atoms with Crippen LogP contribution in [-0.2, 0) is 16.6 Å². The average Bonchev–Trinajstić information content (AvgIpc) is 3.42. The summed E-state index contributed by atoms with van der Waals surface area (Å²) < 4.78 is 1.78. The van der Waals surface area contributed by atoms with E-state index < -0.39 is 0 Å². The number of anilines is 3. The van der Waals surface area contributed by atoms with Crippen LogP contribution in [0.5, 0.6) is 0 Å². The van der Waals surface area contributed by atoms with E-state index in [1.807, 2.05) is 84.6 Å². The molecule has 3 aromatic carbocycles. The molecule has 0 spiro atoms. The third kappa shape index (κ3) is 8.03. The van der Waals surface area contributed by atoms with Crippen LogP contribution in [0.25, 0.3) is 5.69 Å². The lowest BCUT2D eigenvalue weighted by Gasteiger charge is -2.32. The first-order chi connectivity index (χ1) is 20.6. The number of para-hydroxylation sites is 1. The lowest BCUT2D eigenvalue weighted by molar-refractivity contribution is -0.130. The van der Waals surface area contributed by atoms with Gasteiger partial charge in [-0.3, -0.25) is 10.1 Å². The van der Waals surface area contributed by atoms with Crippen molar-refractivity contribution in [3.8, 4) is 5.69 Å². The molecule has 3 amide bonds. The summed E-state index contributed by atoms with van der Waals surface area (Å²) in [6.45, 7) is 10.3. The van der Waals surface area contributed by atoms with E-state index >= 15 is 0 Å². The fourth-order valence-electron chi connectivity index (χ4n) is 5.29. The van der Waals surface area contributed by atoms with Gasteiger partial charge < -0.3 is 15.5 Å². The first kappa shape index (κ1) is 29.9. The highest BCUT2D eigenvalue weighted by Gasteiger charge is 2.23. The summed E-state index contributed by atoms with van der Waals surface area (Å²) >= 11 is 0. The minimum atomic E-state index is -0.319. The molecule has 8 heteroatoms. The molecule has 1 aromatic heterocycles. The van der Waals surface area contributed by atoms with Gasteiger partial charge in [0, 0.05) is 35.9 Å². The van der Waals surface area contributed by atoms with Gasteiger partial charge in [0.1, 0.15) is 5.82 Å². The van der Waals surface area contributed by atoms with Crippen molar-refractivity contribution < 1.29 is 9.59 Å². The molecule has 1 fully saturated rings. The maximum Gasteiger partial charge on any atom is 0.324 e. The molecule has 0 bridgehead atoms. The summed E-state index contributed by atoms with van der Waals surface area (Å²) in [5.41, 5.74) is 5.70. The number of aromatic nitrogens is 2. The Hall–Kier alpha value is -4.59. The smallest absolute Gasteiger partial charge is 0.324 e. The van der Waals surface area contributed by atoms with Crippen LogP contribution in [0.4, 0.5) is 22.0 Å². The molecule has 3 N–H and O–H groups in total. The van der Waals surface area contributed by atoms with Crippen molar-refractivity contribution in [1.29, 1.82) is 0 Å². The third-order valence-corrected chi connectivity index (χ3v) is 7.92. The maximum atomic E-state index is 13.0. The number of amides is 3. The first-order valence-corrected chi connectivity index (χ1v) is 15.1. The monoisotopic (exact) mass is 578 g/mol. The molecule has 8 nitrogen and oxygen atoms in total. The molecule has 0 atom stereocenters. The Kier molecular flexibility index (Phi) is 9.14. The molecule has 0 saturated carbocycles. The number of piperidine rings is 1. The van der Waals surface area contributed by atoms with Crippen LogP contribution < -0.4 is 16.0 Å². The second kappa shape index (κ2) is 13.2. The van der Waals surface area contributed by atoms with Gasteiger partial charge in [-0.05, 0) is 74.1 Å². The third-order valence-electron chi connectivity index (χ3n) is 7.92. The van der Waals surface area contributed by atoms with E-state index in [0.717, 1.165) is 60.7 Å². The van der Waals surface area contributed by atoms with Crippen molar-refractivity contribution in [2.75, 3.05) is 35.6 Å². The lowest BCUT2D eigenvalue weighted by Crippen LogP contribution is -2.41. The molecule has 0 radical (unpaired) electrons. The molecule has 0 aliphatic carbocycles. The summed E-state index contributed by atoms with van der Waals surface area (Å²) in [6.07, 6.45) is 2.94. The summed E-state index contributed by atoms with van der Waals surface area (Å²) in [5.74, 6) is 1.29. The number of carbonyl (C=O) groups excluding carboxylic acids is 2. The molecular formula is C35H42N6O2. The van der Waals surface area contributed by atoms with Gasteiger partial charge in [-0.1, -0.05) is 68.8 Å². The summed E-state index contributed by atoms with van der Waals surface area (Å²) in [5, 5.41) is 14.0. The molecule has 2 heterocycles. The normalized spacial score (nSPS) is 13.9. The van der Waals surface area contributed by atoms with E-state index in [0.29, 0.717) is 18.3 Å². The highest BCUT2D eigenvalue weighted by Crippen LogP contribution is 2.27. The summed E-state index contributed by atoms with van der Waals surface area (Å²) in [6, 6.07) is 27.5. The summed E-state index contributed by atoms with van der Waals surface area (Å²) in [7, 11) is 0. The van der Waals surface area contributed by atoms with Gasteiger partial charge in [-0.15, -0.1) is 0 Å². The Bertz CT molecular complexity index is 1510. The maximum absolute atomic E-state index is 13.0. The number of hydrogen-bond donors (Lipinski definition) is 3. The van der Waals surface area contributed by atoms with Gasteiger partial charge in [0.2, 0.25) is 5.91 Å². The van der Waals surface area contributed by atoms with Gasteiger partial charge in [-0.25, -0.2) is 9.48 Å². The molecule has 1 aliphatic rings. The Morgan fingerprint density at radius 1 is 0.860 bits per heavy atom. The van der Waals surface area contributed by atoms with Crippen molar-refractivity contribution >= 4 is 29.1 Å². The van der Waals surface area contributed by atoms with Crippen LogP contribution in [-0.4, -0.2) is 46.3 Å². The number of nitrogens with zero attached hydrogens (tertiary/aromatic N) is 3. The minimum absolute atomic E-state index is 0.146. The zero-order valence-electron chi connectivity index (χ0n) is 25.6. The zero-order valence-corrected chi connectivity index (χ0v) is 25.6. The Morgan fingerprint density at radius 2 is 1.53 bits per heavy atom. The largest absolute Gasteiger partial charge is 0.376 e. The second-order valence-electron chi connectivity index (χ2n) is 12.4. The number of aryl methyl sites for hydroxylation is 1. The van der Waals surface area contributed by atoms with Crippen molar-refractivity contribution in [2.45, 2.75) is 52.4 Å². The molecular weight excluding hydrogens is 536 g/mol. The van der Waals surface area contributed by atoms with Crippen LogP contribution in [0.3, 0.4) is 0 Å². The number of likely N-dealkylation sites (tertiary alicyclic amines) is 1. The number of hydrogen-bond acceptors (Lipinski definition) is 4.